The molecule has 2 amide bonds. The molecule has 10 nitrogen and oxygen atoms in total. The second kappa shape index (κ2) is 9.27. The van der Waals surface area contributed by atoms with Gasteiger partial charge in [0.15, 0.2) is 21.2 Å². The summed E-state index contributed by atoms with van der Waals surface area (Å²) in [4.78, 5) is 51.7. The van der Waals surface area contributed by atoms with Crippen molar-refractivity contribution in [2.75, 3.05) is 12.6 Å². The Morgan fingerprint density at radius 1 is 1.07 bits per heavy atom. The molecule has 1 aromatic heterocycles. The number of hydrogen-bond donors (Lipinski definition) is 1. The van der Waals surface area contributed by atoms with E-state index in [1.165, 1.54) is 28.6 Å². The number of alkyl halides is 3. The van der Waals surface area contributed by atoms with Crippen molar-refractivity contribution in [2.24, 2.45) is 0 Å². The third-order valence-electron chi connectivity index (χ3n) is 7.90. The molecule has 4 unspecified atom stereocenters. The summed E-state index contributed by atoms with van der Waals surface area (Å²) in [6, 6.07) is 10.4. The molecule has 0 bridgehead atoms. The highest BCUT2D eigenvalue weighted by Crippen LogP contribution is 2.64. The second-order valence-electron chi connectivity index (χ2n) is 9.74. The highest BCUT2D eigenvalue weighted by atomic mass is 79.9. The molecule has 40 heavy (non-hydrogen) atoms. The molecular weight excluding hydrogens is 651 g/mol. The fourth-order valence-electron chi connectivity index (χ4n) is 6.10. The van der Waals surface area contributed by atoms with Crippen molar-refractivity contribution >= 4 is 62.5 Å². The van der Waals surface area contributed by atoms with Crippen LogP contribution in [0.3, 0.4) is 0 Å². The number of benzene rings is 2. The number of aromatic nitrogens is 3. The van der Waals surface area contributed by atoms with E-state index >= 15 is 0 Å². The van der Waals surface area contributed by atoms with Crippen molar-refractivity contribution in [2.45, 2.75) is 34.7 Å². The summed E-state index contributed by atoms with van der Waals surface area (Å²) in [6.45, 7) is -0.00819. The number of likely N-dealkylation sites (tertiary alicyclic amines) is 1. The second-order valence-corrected chi connectivity index (χ2v) is 11.9. The first-order valence-corrected chi connectivity index (χ1v) is 14.3. The highest BCUT2D eigenvalue weighted by molar-refractivity contribution is 9.09. The molecule has 2 aliphatic heterocycles. The number of fused-ring (bicyclic) bond motifs is 4. The number of hydrogen-bond acceptors (Lipinski definition) is 6. The van der Waals surface area contributed by atoms with Crippen LogP contribution >= 0.6 is 50.7 Å². The van der Waals surface area contributed by atoms with Crippen molar-refractivity contribution in [3.05, 3.63) is 85.7 Å². The van der Waals surface area contributed by atoms with E-state index < -0.39 is 44.9 Å². The van der Waals surface area contributed by atoms with Gasteiger partial charge in [-0.25, -0.2) is 23.5 Å². The first-order chi connectivity index (χ1) is 19.0. The Kier molecular flexibility index (Phi) is 6.30. The number of phenolic OH excluding ortho intramolecular Hbond substituents is 1. The van der Waals surface area contributed by atoms with Crippen LogP contribution in [-0.4, -0.2) is 58.1 Å². The number of halogens is 4. The summed E-state index contributed by atoms with van der Waals surface area (Å²) in [5.74, 6) is -2.86. The van der Waals surface area contributed by atoms with E-state index in [-0.39, 0.29) is 34.9 Å². The summed E-state index contributed by atoms with van der Waals surface area (Å²) < 4.78 is 8.88. The van der Waals surface area contributed by atoms with Crippen LogP contribution in [-0.2, 0) is 16.1 Å². The molecule has 208 valence electrons. The van der Waals surface area contributed by atoms with Gasteiger partial charge in [-0.3, -0.25) is 14.5 Å². The van der Waals surface area contributed by atoms with Gasteiger partial charge in [-0.05, 0) is 35.4 Å². The smallest absolute Gasteiger partial charge is 0.352 e. The normalized spacial score (nSPS) is 27.2. The monoisotopic (exact) mass is 668 g/mol. The van der Waals surface area contributed by atoms with Gasteiger partial charge in [0.25, 0.3) is 11.8 Å². The zero-order chi connectivity index (χ0) is 28.7. The number of imide groups is 1. The number of phenols is 1. The van der Waals surface area contributed by atoms with E-state index in [1.54, 1.807) is 36.4 Å². The van der Waals surface area contributed by atoms with Crippen molar-refractivity contribution in [1.29, 1.82) is 0 Å². The van der Waals surface area contributed by atoms with Gasteiger partial charge >= 0.3 is 11.4 Å². The lowest BCUT2D eigenvalue weighted by molar-refractivity contribution is -0.138. The van der Waals surface area contributed by atoms with Gasteiger partial charge < -0.3 is 9.84 Å². The molecule has 3 aromatic rings. The number of aromatic hydroxyl groups is 1. The molecular formula is C26H20BrCl3N4O6. The third kappa shape index (κ3) is 3.35. The topological polar surface area (TPSA) is 116 Å². The Hall–Kier alpha value is -2.99. The van der Waals surface area contributed by atoms with E-state index in [9.17, 15) is 24.3 Å². The lowest BCUT2D eigenvalue weighted by Gasteiger charge is -2.49. The van der Waals surface area contributed by atoms with Crippen LogP contribution in [0.2, 0.25) is 5.02 Å². The summed E-state index contributed by atoms with van der Waals surface area (Å²) in [6.07, 6.45) is 1.48. The number of allylic oxidation sites excluding steroid dienone is 2. The number of nitrogens with zero attached hydrogens (tertiary/aromatic N) is 4. The minimum atomic E-state index is -2.03. The van der Waals surface area contributed by atoms with E-state index in [1.807, 2.05) is 0 Å². The molecule has 1 saturated heterocycles. The van der Waals surface area contributed by atoms with Gasteiger partial charge in [-0.1, -0.05) is 51.8 Å². The minimum Gasteiger partial charge on any atom is -0.503 e. The molecule has 1 saturated carbocycles. The number of carbonyl (C=O) groups excluding carboxylic acids is 2. The molecule has 0 radical (unpaired) electrons. The van der Waals surface area contributed by atoms with Gasteiger partial charge in [0.2, 0.25) is 0 Å². The Labute approximate surface area is 250 Å². The molecule has 0 spiro atoms. The first kappa shape index (κ1) is 27.2. The number of carbonyl (C=O) groups is 2. The Bertz CT molecular complexity index is 1750. The zero-order valence-corrected chi connectivity index (χ0v) is 24.5. The maximum Gasteiger partial charge on any atom is 0.352 e. The SMILES string of the molecule is COc1cc(C2C3=CCn4c(=O)n(-c5ccccc5)c(=O)n4C3CC3(Cl)C(=O)N(CBr)C(=O)C23Cl)cc(Cl)c1O. The molecule has 14 heteroatoms. The van der Waals surface area contributed by atoms with Crippen molar-refractivity contribution in [1.82, 2.24) is 18.8 Å². The van der Waals surface area contributed by atoms with Crippen LogP contribution in [0, 0.1) is 0 Å². The summed E-state index contributed by atoms with van der Waals surface area (Å²) in [5.41, 5.74) is -0.151. The average molecular weight is 671 g/mol. The van der Waals surface area contributed by atoms with E-state index in [0.717, 1.165) is 9.47 Å². The van der Waals surface area contributed by atoms with Gasteiger partial charge in [-0.15, -0.1) is 23.2 Å². The number of amides is 2. The maximum atomic E-state index is 13.8. The maximum absolute atomic E-state index is 13.8. The van der Waals surface area contributed by atoms with Crippen molar-refractivity contribution in [3.63, 3.8) is 0 Å². The van der Waals surface area contributed by atoms with Gasteiger partial charge in [0, 0.05) is 12.3 Å². The zero-order valence-electron chi connectivity index (χ0n) is 20.7. The Morgan fingerprint density at radius 3 is 2.42 bits per heavy atom. The predicted molar refractivity (Wildman–Crippen MR) is 151 cm³/mol. The largest absolute Gasteiger partial charge is 0.503 e. The third-order valence-corrected chi connectivity index (χ3v) is 10.1. The Morgan fingerprint density at radius 2 is 1.77 bits per heavy atom. The molecule has 1 N–H and O–H groups in total. The summed E-state index contributed by atoms with van der Waals surface area (Å²) in [5, 5.41) is 10.3. The van der Waals surface area contributed by atoms with Gasteiger partial charge in [-0.2, -0.15) is 0 Å². The molecule has 3 heterocycles. The molecule has 1 aliphatic carbocycles. The number of methoxy groups -OCH3 is 1. The number of rotatable bonds is 4. The van der Waals surface area contributed by atoms with E-state index in [2.05, 4.69) is 15.9 Å². The predicted octanol–water partition coefficient (Wildman–Crippen LogP) is 3.51. The number of ether oxygens (including phenoxy) is 1. The minimum absolute atomic E-state index is 0.00819. The van der Waals surface area contributed by atoms with Crippen molar-refractivity contribution in [3.8, 4) is 17.2 Å². The fourth-order valence-corrected chi connectivity index (χ4v) is 7.73. The van der Waals surface area contributed by atoms with Crippen LogP contribution in [0.1, 0.15) is 23.9 Å². The lowest BCUT2D eigenvalue weighted by Crippen LogP contribution is -2.59. The van der Waals surface area contributed by atoms with Gasteiger partial charge in [0.1, 0.15) is 0 Å². The molecule has 2 aromatic carbocycles. The van der Waals surface area contributed by atoms with Crippen LogP contribution in [0.25, 0.3) is 5.69 Å². The molecule has 6 rings (SSSR count). The van der Waals surface area contributed by atoms with Crippen LogP contribution in [0.4, 0.5) is 0 Å². The Balaban J connectivity index is 1.63. The number of para-hydroxylation sites is 1. The highest BCUT2D eigenvalue weighted by Gasteiger charge is 2.75. The quantitative estimate of drug-likeness (QED) is 0.197. The molecule has 3 aliphatic rings. The van der Waals surface area contributed by atoms with Gasteiger partial charge in [0.05, 0.1) is 35.9 Å². The van der Waals surface area contributed by atoms with Crippen LogP contribution in [0.5, 0.6) is 11.5 Å². The lowest BCUT2D eigenvalue weighted by atomic mass is 9.64. The van der Waals surface area contributed by atoms with Crippen molar-refractivity contribution < 1.29 is 19.4 Å². The molecule has 4 atom stereocenters. The summed E-state index contributed by atoms with van der Waals surface area (Å²) in [7, 11) is 1.34. The summed E-state index contributed by atoms with van der Waals surface area (Å²) >= 11 is 23.9. The van der Waals surface area contributed by atoms with E-state index in [4.69, 9.17) is 39.5 Å². The standard InChI is InChI=1S/C26H20BrCl3N4O6/c1-40-18-10-13(9-16(28)20(18)35)19-15-7-8-32-23(38)33(14-5-3-2-4-6-14)24(39)34(32)17(15)11-25(29)21(36)31(12-27)22(37)26(19,25)30/h2-7,9-10,17,19,35H,8,11-12H2,1H3. The first-order valence-electron chi connectivity index (χ1n) is 12.1. The fraction of sp³-hybridized carbons (Fsp3) is 0.308. The average Bonchev–Trinajstić information content (AvgIpc) is 3.28. The van der Waals surface area contributed by atoms with Crippen LogP contribution in [0.15, 0.2) is 63.7 Å². The van der Waals surface area contributed by atoms with Crippen LogP contribution < -0.4 is 16.1 Å². The molecule has 2 fully saturated rings. The van der Waals surface area contributed by atoms with E-state index in [0.29, 0.717) is 16.8 Å².